The molecular weight excluding hydrogens is 156 g/mol. The molecule has 73 valence electrons. The first-order chi connectivity index (χ1) is 6.41. The predicted octanol–water partition coefficient (Wildman–Crippen LogP) is 4.46. The van der Waals surface area contributed by atoms with E-state index in [1.165, 1.54) is 38.5 Å². The first-order valence-corrected chi connectivity index (χ1v) is 5.13. The van der Waals surface area contributed by atoms with Crippen LogP contribution in [0.1, 0.15) is 38.5 Å². The van der Waals surface area contributed by atoms with Gasteiger partial charge in [-0.3, -0.25) is 0 Å². The fraction of sp³-hybridized carbons (Fsp3) is 0.462. The molecule has 1 radical (unpaired) electrons. The Morgan fingerprint density at radius 3 is 2.15 bits per heavy atom. The lowest BCUT2D eigenvalue weighted by Gasteiger charge is -1.95. The van der Waals surface area contributed by atoms with Crippen LogP contribution < -0.4 is 0 Å². The van der Waals surface area contributed by atoms with Gasteiger partial charge in [0.25, 0.3) is 0 Å². The minimum Gasteiger partial charge on any atom is -0.103 e. The monoisotopic (exact) mass is 177 g/mol. The topological polar surface area (TPSA) is 0 Å². The van der Waals surface area contributed by atoms with Crippen LogP contribution in [0.15, 0.2) is 37.0 Å². The molecule has 13 heavy (non-hydrogen) atoms. The van der Waals surface area contributed by atoms with Crippen molar-refractivity contribution in [3.63, 3.8) is 0 Å². The van der Waals surface area contributed by atoms with Gasteiger partial charge in [0.05, 0.1) is 0 Å². The molecule has 0 saturated carbocycles. The SMILES string of the molecule is [CH2]C=CC=CCCCCCCC=C. The Labute approximate surface area is 83.0 Å². The summed E-state index contributed by atoms with van der Waals surface area (Å²) in [5, 5.41) is 0. The van der Waals surface area contributed by atoms with Gasteiger partial charge >= 0.3 is 0 Å². The van der Waals surface area contributed by atoms with Gasteiger partial charge in [-0.25, -0.2) is 0 Å². The fourth-order valence-corrected chi connectivity index (χ4v) is 1.16. The Kier molecular flexibility index (Phi) is 10.5. The zero-order valence-corrected chi connectivity index (χ0v) is 8.54. The van der Waals surface area contributed by atoms with Crippen molar-refractivity contribution in [2.24, 2.45) is 0 Å². The summed E-state index contributed by atoms with van der Waals surface area (Å²) < 4.78 is 0. The highest BCUT2D eigenvalue weighted by molar-refractivity contribution is 5.03. The molecule has 0 heteroatoms. The van der Waals surface area contributed by atoms with Gasteiger partial charge in [0, 0.05) is 0 Å². The maximum atomic E-state index is 3.70. The molecule has 0 saturated heterocycles. The molecule has 0 atom stereocenters. The second-order valence-electron chi connectivity index (χ2n) is 3.14. The van der Waals surface area contributed by atoms with E-state index in [2.05, 4.69) is 25.7 Å². The van der Waals surface area contributed by atoms with Gasteiger partial charge in [0.2, 0.25) is 0 Å². The van der Waals surface area contributed by atoms with Crippen molar-refractivity contribution < 1.29 is 0 Å². The van der Waals surface area contributed by atoms with Crippen LogP contribution in [0, 0.1) is 6.92 Å². The Hall–Kier alpha value is -0.780. The highest BCUT2D eigenvalue weighted by atomic mass is 13.9. The summed E-state index contributed by atoms with van der Waals surface area (Å²) >= 11 is 0. The number of rotatable bonds is 8. The van der Waals surface area contributed by atoms with Crippen LogP contribution in [0.3, 0.4) is 0 Å². The summed E-state index contributed by atoms with van der Waals surface area (Å²) in [5.74, 6) is 0. The van der Waals surface area contributed by atoms with Crippen LogP contribution in [0.5, 0.6) is 0 Å². The van der Waals surface area contributed by atoms with Crippen LogP contribution in [0.4, 0.5) is 0 Å². The lowest BCUT2D eigenvalue weighted by atomic mass is 10.1. The number of unbranched alkanes of at least 4 members (excludes halogenated alkanes) is 5. The summed E-state index contributed by atoms with van der Waals surface area (Å²) in [4.78, 5) is 0. The average Bonchev–Trinajstić information content (AvgIpc) is 2.16. The van der Waals surface area contributed by atoms with Crippen molar-refractivity contribution in [3.05, 3.63) is 43.9 Å². The first kappa shape index (κ1) is 12.2. The highest BCUT2D eigenvalue weighted by Gasteiger charge is 1.86. The Morgan fingerprint density at radius 2 is 1.54 bits per heavy atom. The standard InChI is InChI=1S/C13H21/c1-3-5-7-9-11-13-12-10-8-6-4-2/h3-5,7,9H,1-2,6,8,10-13H2. The van der Waals surface area contributed by atoms with Crippen LogP contribution in [0.25, 0.3) is 0 Å². The molecule has 0 unspecified atom stereocenters. The van der Waals surface area contributed by atoms with E-state index in [1.54, 1.807) is 6.08 Å². The van der Waals surface area contributed by atoms with E-state index in [0.29, 0.717) is 0 Å². The van der Waals surface area contributed by atoms with Crippen molar-refractivity contribution in [1.82, 2.24) is 0 Å². The second kappa shape index (κ2) is 11.2. The van der Waals surface area contributed by atoms with Crippen molar-refractivity contribution in [2.45, 2.75) is 38.5 Å². The third-order valence-electron chi connectivity index (χ3n) is 1.91. The second-order valence-corrected chi connectivity index (χ2v) is 3.14. The van der Waals surface area contributed by atoms with Gasteiger partial charge in [0.1, 0.15) is 0 Å². The van der Waals surface area contributed by atoms with Crippen LogP contribution in [0.2, 0.25) is 0 Å². The van der Waals surface area contributed by atoms with Gasteiger partial charge in [-0.05, 0) is 32.6 Å². The molecule has 0 bridgehead atoms. The third kappa shape index (κ3) is 11.2. The number of hydrogen-bond acceptors (Lipinski definition) is 0. The molecule has 0 aromatic carbocycles. The fourth-order valence-electron chi connectivity index (χ4n) is 1.16. The lowest BCUT2D eigenvalue weighted by Crippen LogP contribution is -1.76. The summed E-state index contributed by atoms with van der Waals surface area (Å²) in [5.41, 5.74) is 0. The molecule has 0 heterocycles. The minimum atomic E-state index is 1.17. The zero-order valence-electron chi connectivity index (χ0n) is 8.54. The van der Waals surface area contributed by atoms with Gasteiger partial charge < -0.3 is 0 Å². The molecule has 0 N–H and O–H groups in total. The summed E-state index contributed by atoms with van der Waals surface area (Å²) in [6.45, 7) is 7.32. The number of allylic oxidation sites excluding steroid dienone is 5. The smallest absolute Gasteiger partial charge is 0.0313 e. The van der Waals surface area contributed by atoms with E-state index in [-0.39, 0.29) is 0 Å². The van der Waals surface area contributed by atoms with E-state index in [1.807, 2.05) is 12.2 Å². The maximum absolute atomic E-state index is 3.70. The Bertz CT molecular complexity index is 151. The lowest BCUT2D eigenvalue weighted by molar-refractivity contribution is 0.652. The van der Waals surface area contributed by atoms with E-state index < -0.39 is 0 Å². The molecule has 0 amide bonds. The maximum Gasteiger partial charge on any atom is -0.0313 e. The first-order valence-electron chi connectivity index (χ1n) is 5.13. The van der Waals surface area contributed by atoms with Crippen molar-refractivity contribution in [2.75, 3.05) is 0 Å². The Morgan fingerprint density at radius 1 is 0.846 bits per heavy atom. The van der Waals surface area contributed by atoms with Gasteiger partial charge in [0.15, 0.2) is 0 Å². The molecule has 0 nitrogen and oxygen atoms in total. The number of hydrogen-bond donors (Lipinski definition) is 0. The average molecular weight is 177 g/mol. The highest BCUT2D eigenvalue weighted by Crippen LogP contribution is 2.05. The zero-order chi connectivity index (χ0) is 9.78. The van der Waals surface area contributed by atoms with Gasteiger partial charge in [-0.2, -0.15) is 0 Å². The van der Waals surface area contributed by atoms with E-state index in [9.17, 15) is 0 Å². The van der Waals surface area contributed by atoms with Crippen LogP contribution in [-0.4, -0.2) is 0 Å². The van der Waals surface area contributed by atoms with Crippen LogP contribution in [-0.2, 0) is 0 Å². The molecule has 0 aromatic heterocycles. The molecule has 0 aliphatic carbocycles. The normalized spacial score (nSPS) is 11.5. The van der Waals surface area contributed by atoms with E-state index in [4.69, 9.17) is 0 Å². The molecule has 0 rings (SSSR count). The molecule has 0 aliphatic rings. The van der Waals surface area contributed by atoms with Gasteiger partial charge in [-0.1, -0.05) is 43.2 Å². The summed E-state index contributed by atoms with van der Waals surface area (Å²) in [6.07, 6.45) is 17.7. The molecule has 0 aromatic rings. The molecule has 0 spiro atoms. The third-order valence-corrected chi connectivity index (χ3v) is 1.91. The molecular formula is C13H21. The van der Waals surface area contributed by atoms with Crippen LogP contribution >= 0.6 is 0 Å². The quantitative estimate of drug-likeness (QED) is 0.292. The molecule has 0 fully saturated rings. The Balaban J connectivity index is 3.03. The van der Waals surface area contributed by atoms with Crippen molar-refractivity contribution in [3.8, 4) is 0 Å². The van der Waals surface area contributed by atoms with Gasteiger partial charge in [-0.15, -0.1) is 6.58 Å². The van der Waals surface area contributed by atoms with Crippen molar-refractivity contribution >= 4 is 0 Å². The summed E-state index contributed by atoms with van der Waals surface area (Å²) in [6, 6.07) is 0. The minimum absolute atomic E-state index is 1.17. The van der Waals surface area contributed by atoms with Crippen molar-refractivity contribution in [1.29, 1.82) is 0 Å². The van der Waals surface area contributed by atoms with E-state index in [0.717, 1.165) is 0 Å². The molecule has 0 aliphatic heterocycles. The summed E-state index contributed by atoms with van der Waals surface area (Å²) in [7, 11) is 0. The predicted molar refractivity (Wildman–Crippen MR) is 61.5 cm³/mol. The largest absolute Gasteiger partial charge is 0.103 e. The van der Waals surface area contributed by atoms with E-state index >= 15 is 0 Å².